The molecular formula is C12H14FN3O2S. The van der Waals surface area contributed by atoms with Crippen LogP contribution >= 0.6 is 0 Å². The van der Waals surface area contributed by atoms with E-state index >= 15 is 0 Å². The first-order chi connectivity index (χ1) is 8.95. The molecule has 7 heteroatoms. The Morgan fingerprint density at radius 3 is 2.89 bits per heavy atom. The third-order valence-corrected chi connectivity index (χ3v) is 4.89. The number of sulfonamides is 1. The van der Waals surface area contributed by atoms with Gasteiger partial charge in [0, 0.05) is 25.7 Å². The maximum Gasteiger partial charge on any atom is 0.243 e. The van der Waals surface area contributed by atoms with Crippen molar-refractivity contribution in [3.05, 3.63) is 29.6 Å². The van der Waals surface area contributed by atoms with Crippen molar-refractivity contribution in [1.29, 1.82) is 5.26 Å². The molecule has 0 saturated carbocycles. The predicted molar refractivity (Wildman–Crippen MR) is 67.3 cm³/mol. The lowest BCUT2D eigenvalue weighted by atomic mass is 10.2. The van der Waals surface area contributed by atoms with Gasteiger partial charge in [0.25, 0.3) is 0 Å². The third kappa shape index (κ3) is 2.76. The van der Waals surface area contributed by atoms with Gasteiger partial charge in [0.1, 0.15) is 11.9 Å². The summed E-state index contributed by atoms with van der Waals surface area (Å²) < 4.78 is 39.3. The average molecular weight is 283 g/mol. The van der Waals surface area contributed by atoms with Gasteiger partial charge in [0.05, 0.1) is 10.5 Å². The van der Waals surface area contributed by atoms with Crippen LogP contribution in [0.3, 0.4) is 0 Å². The first-order valence-corrected chi connectivity index (χ1v) is 7.32. The number of piperazine rings is 1. The van der Waals surface area contributed by atoms with Crippen molar-refractivity contribution in [2.45, 2.75) is 17.9 Å². The number of benzene rings is 1. The maximum atomic E-state index is 13.2. The van der Waals surface area contributed by atoms with E-state index in [0.717, 1.165) is 12.1 Å². The molecule has 5 nitrogen and oxygen atoms in total. The lowest BCUT2D eigenvalue weighted by Gasteiger charge is -2.31. The molecule has 0 amide bonds. The van der Waals surface area contributed by atoms with Crippen molar-refractivity contribution < 1.29 is 12.8 Å². The summed E-state index contributed by atoms with van der Waals surface area (Å²) in [7, 11) is -3.67. The van der Waals surface area contributed by atoms with E-state index in [0.29, 0.717) is 19.6 Å². The zero-order valence-electron chi connectivity index (χ0n) is 10.4. The van der Waals surface area contributed by atoms with Gasteiger partial charge in [-0.1, -0.05) is 0 Å². The van der Waals surface area contributed by atoms with Gasteiger partial charge >= 0.3 is 0 Å². The molecule has 0 bridgehead atoms. The van der Waals surface area contributed by atoms with Crippen molar-refractivity contribution in [3.63, 3.8) is 0 Å². The molecule has 1 aromatic rings. The summed E-state index contributed by atoms with van der Waals surface area (Å²) in [5, 5.41) is 11.9. The Bertz CT molecular complexity index is 624. The standard InChI is InChI=1S/C12H14FN3O2S/c1-9-8-16(5-4-15-9)19(17,18)11-2-3-12(13)10(6-11)7-14/h2-3,6,9,15H,4-5,8H2,1H3. The van der Waals surface area contributed by atoms with Gasteiger partial charge in [0.2, 0.25) is 10.0 Å². The summed E-state index contributed by atoms with van der Waals surface area (Å²) in [5.74, 6) is -0.713. The second kappa shape index (κ2) is 5.25. The highest BCUT2D eigenvalue weighted by molar-refractivity contribution is 7.89. The van der Waals surface area contributed by atoms with Crippen LogP contribution in [-0.4, -0.2) is 38.4 Å². The third-order valence-electron chi connectivity index (χ3n) is 3.03. The minimum Gasteiger partial charge on any atom is -0.312 e. The van der Waals surface area contributed by atoms with E-state index in [2.05, 4.69) is 5.32 Å². The molecule has 19 heavy (non-hydrogen) atoms. The molecule has 0 aliphatic carbocycles. The van der Waals surface area contributed by atoms with Crippen LogP contribution in [0.1, 0.15) is 12.5 Å². The Hall–Kier alpha value is -1.49. The van der Waals surface area contributed by atoms with E-state index in [9.17, 15) is 12.8 Å². The fourth-order valence-corrected chi connectivity index (χ4v) is 3.57. The topological polar surface area (TPSA) is 73.2 Å². The first-order valence-electron chi connectivity index (χ1n) is 5.88. The zero-order chi connectivity index (χ0) is 14.0. The highest BCUT2D eigenvalue weighted by Crippen LogP contribution is 2.19. The molecule has 1 atom stereocenters. The molecule has 1 heterocycles. The molecule has 1 aliphatic heterocycles. The molecule has 1 aliphatic rings. The summed E-state index contributed by atoms with van der Waals surface area (Å²) in [6.45, 7) is 3.20. The Balaban J connectivity index is 2.37. The molecule has 102 valence electrons. The minimum absolute atomic E-state index is 0.0421. The largest absolute Gasteiger partial charge is 0.312 e. The molecule has 2 rings (SSSR count). The van der Waals surface area contributed by atoms with Crippen molar-refractivity contribution in [2.75, 3.05) is 19.6 Å². The number of nitriles is 1. The fraction of sp³-hybridized carbons (Fsp3) is 0.417. The summed E-state index contributed by atoms with van der Waals surface area (Å²) in [4.78, 5) is -0.0421. The average Bonchev–Trinajstić information content (AvgIpc) is 2.39. The Morgan fingerprint density at radius 1 is 1.53 bits per heavy atom. The molecule has 0 aromatic heterocycles. The van der Waals surface area contributed by atoms with Crippen LogP contribution in [-0.2, 0) is 10.0 Å². The number of nitrogens with zero attached hydrogens (tertiary/aromatic N) is 2. The van der Waals surface area contributed by atoms with Gasteiger partial charge in [-0.2, -0.15) is 9.57 Å². The van der Waals surface area contributed by atoms with Crippen LogP contribution in [0.15, 0.2) is 23.1 Å². The van der Waals surface area contributed by atoms with Crippen LogP contribution in [0, 0.1) is 17.1 Å². The van der Waals surface area contributed by atoms with E-state index < -0.39 is 15.8 Å². The molecule has 1 fully saturated rings. The summed E-state index contributed by atoms with van der Waals surface area (Å²) >= 11 is 0. The lowest BCUT2D eigenvalue weighted by Crippen LogP contribution is -2.51. The monoisotopic (exact) mass is 283 g/mol. The molecular weight excluding hydrogens is 269 g/mol. The smallest absolute Gasteiger partial charge is 0.243 e. The van der Waals surface area contributed by atoms with Crippen LogP contribution in [0.2, 0.25) is 0 Å². The highest BCUT2D eigenvalue weighted by atomic mass is 32.2. The number of nitrogens with one attached hydrogen (secondary N) is 1. The van der Waals surface area contributed by atoms with E-state index in [4.69, 9.17) is 5.26 Å². The van der Waals surface area contributed by atoms with E-state index in [1.807, 2.05) is 6.92 Å². The van der Waals surface area contributed by atoms with E-state index in [-0.39, 0.29) is 16.5 Å². The van der Waals surface area contributed by atoms with Gasteiger partial charge in [-0.15, -0.1) is 0 Å². The highest BCUT2D eigenvalue weighted by Gasteiger charge is 2.28. The Labute approximate surface area is 111 Å². The van der Waals surface area contributed by atoms with Gasteiger partial charge < -0.3 is 5.32 Å². The zero-order valence-corrected chi connectivity index (χ0v) is 11.2. The predicted octanol–water partition coefficient (Wildman–Crippen LogP) is 0.680. The number of rotatable bonds is 2. The van der Waals surface area contributed by atoms with Crippen LogP contribution in [0.4, 0.5) is 4.39 Å². The Kier molecular flexibility index (Phi) is 3.85. The molecule has 0 spiro atoms. The molecule has 1 aromatic carbocycles. The summed E-state index contributed by atoms with van der Waals surface area (Å²) in [6, 6.07) is 5.00. The maximum absolute atomic E-state index is 13.2. The number of hydrogen-bond donors (Lipinski definition) is 1. The van der Waals surface area contributed by atoms with Crippen molar-refractivity contribution in [1.82, 2.24) is 9.62 Å². The van der Waals surface area contributed by atoms with E-state index in [1.165, 1.54) is 10.4 Å². The van der Waals surface area contributed by atoms with Crippen molar-refractivity contribution >= 4 is 10.0 Å². The van der Waals surface area contributed by atoms with Gasteiger partial charge in [-0.25, -0.2) is 12.8 Å². The Morgan fingerprint density at radius 2 is 2.26 bits per heavy atom. The van der Waals surface area contributed by atoms with Gasteiger partial charge in [0.15, 0.2) is 0 Å². The quantitative estimate of drug-likeness (QED) is 0.866. The molecule has 1 unspecified atom stereocenters. The summed E-state index contributed by atoms with van der Waals surface area (Å²) in [6.07, 6.45) is 0. The fourth-order valence-electron chi connectivity index (χ4n) is 2.01. The lowest BCUT2D eigenvalue weighted by molar-refractivity contribution is 0.310. The summed E-state index contributed by atoms with van der Waals surface area (Å²) in [5.41, 5.74) is -0.260. The van der Waals surface area contributed by atoms with Gasteiger partial charge in [-0.05, 0) is 25.1 Å². The second-order valence-corrected chi connectivity index (χ2v) is 6.41. The number of halogens is 1. The van der Waals surface area contributed by atoms with Gasteiger partial charge in [-0.3, -0.25) is 0 Å². The first kappa shape index (κ1) is 13.9. The SMILES string of the molecule is CC1CN(S(=O)(=O)c2ccc(F)c(C#N)c2)CCN1. The number of hydrogen-bond acceptors (Lipinski definition) is 4. The molecule has 1 N–H and O–H groups in total. The molecule has 1 saturated heterocycles. The van der Waals surface area contributed by atoms with Crippen LogP contribution in [0.25, 0.3) is 0 Å². The van der Waals surface area contributed by atoms with Crippen molar-refractivity contribution in [3.8, 4) is 6.07 Å². The van der Waals surface area contributed by atoms with Crippen LogP contribution in [0.5, 0.6) is 0 Å². The normalized spacial score (nSPS) is 21.0. The molecule has 0 radical (unpaired) electrons. The van der Waals surface area contributed by atoms with E-state index in [1.54, 1.807) is 6.07 Å². The minimum atomic E-state index is -3.67. The van der Waals surface area contributed by atoms with Crippen molar-refractivity contribution in [2.24, 2.45) is 0 Å². The van der Waals surface area contributed by atoms with Crippen LogP contribution < -0.4 is 5.32 Å². The second-order valence-electron chi connectivity index (χ2n) is 4.47.